The number of hydrogen-bond donors (Lipinski definition) is 0. The van der Waals surface area contributed by atoms with Crippen molar-refractivity contribution in [3.05, 3.63) is 0 Å². The molecule has 0 N–H and O–H groups in total. The lowest BCUT2D eigenvalue weighted by molar-refractivity contribution is 0.465. The second-order valence-electron chi connectivity index (χ2n) is 3.81. The van der Waals surface area contributed by atoms with E-state index < -0.39 is 6.69 Å². The summed E-state index contributed by atoms with van der Waals surface area (Å²) >= 11 is 11.8. The van der Waals surface area contributed by atoms with Crippen molar-refractivity contribution in [1.82, 2.24) is 0 Å². The van der Waals surface area contributed by atoms with Crippen LogP contribution in [-0.2, 0) is 0 Å². The van der Waals surface area contributed by atoms with E-state index >= 15 is 0 Å². The van der Waals surface area contributed by atoms with Crippen LogP contribution in [0.25, 0.3) is 0 Å². The predicted molar refractivity (Wildman–Crippen MR) is 47.6 cm³/mol. The van der Waals surface area contributed by atoms with Crippen LogP contribution in [0.1, 0.15) is 20.8 Å². The maximum atomic E-state index is 5.92. The summed E-state index contributed by atoms with van der Waals surface area (Å²) in [6.07, 6.45) is 0. The van der Waals surface area contributed by atoms with Gasteiger partial charge in [-0.15, -0.1) is 22.2 Å². The minimum atomic E-state index is -1.85. The molecule has 0 nitrogen and oxygen atoms in total. The summed E-state index contributed by atoms with van der Waals surface area (Å²) in [4.78, 5) is 0. The SMILES string of the molecule is CC(C)(C)C[Si](C)(Cl)Cl. The van der Waals surface area contributed by atoms with Gasteiger partial charge in [-0.2, -0.15) is 0 Å². The highest BCUT2D eigenvalue weighted by Gasteiger charge is 2.27. The lowest BCUT2D eigenvalue weighted by Gasteiger charge is -2.22. The Kier molecular flexibility index (Phi) is 3.06. The topological polar surface area (TPSA) is 0 Å². The summed E-state index contributed by atoms with van der Waals surface area (Å²) < 4.78 is 0. The molecule has 0 radical (unpaired) electrons. The van der Waals surface area contributed by atoms with E-state index in [1.54, 1.807) is 0 Å². The molecular weight excluding hydrogens is 171 g/mol. The summed E-state index contributed by atoms with van der Waals surface area (Å²) in [7, 11) is 0. The molecule has 0 aliphatic rings. The number of halogens is 2. The molecule has 0 bridgehead atoms. The van der Waals surface area contributed by atoms with Gasteiger partial charge in [-0.1, -0.05) is 20.8 Å². The van der Waals surface area contributed by atoms with Gasteiger partial charge in [0.15, 0.2) is 0 Å². The van der Waals surface area contributed by atoms with Gasteiger partial charge < -0.3 is 0 Å². The molecule has 56 valence electrons. The van der Waals surface area contributed by atoms with E-state index in [-0.39, 0.29) is 5.41 Å². The monoisotopic (exact) mass is 184 g/mol. The van der Waals surface area contributed by atoms with E-state index in [0.29, 0.717) is 0 Å². The lowest BCUT2D eigenvalue weighted by Crippen LogP contribution is -2.21. The van der Waals surface area contributed by atoms with Crippen LogP contribution in [-0.4, -0.2) is 6.69 Å². The smallest absolute Gasteiger partial charge is 0.146 e. The Morgan fingerprint density at radius 2 is 1.56 bits per heavy atom. The zero-order chi connectivity index (χ0) is 7.71. The molecule has 0 aromatic carbocycles. The van der Waals surface area contributed by atoms with Crippen LogP contribution in [0.4, 0.5) is 0 Å². The Morgan fingerprint density at radius 1 is 1.22 bits per heavy atom. The van der Waals surface area contributed by atoms with Crippen LogP contribution in [0.15, 0.2) is 0 Å². The quantitative estimate of drug-likeness (QED) is 0.432. The first-order chi connectivity index (χ1) is 3.71. The van der Waals surface area contributed by atoms with Crippen molar-refractivity contribution in [1.29, 1.82) is 0 Å². The Labute approximate surface area is 68.0 Å². The molecule has 0 saturated heterocycles. The van der Waals surface area contributed by atoms with E-state index in [1.807, 2.05) is 6.55 Å². The maximum Gasteiger partial charge on any atom is 0.248 e. The lowest BCUT2D eigenvalue weighted by atomic mass is 10.0. The highest BCUT2D eigenvalue weighted by molar-refractivity contribution is 7.44. The molecule has 0 saturated carbocycles. The Morgan fingerprint density at radius 3 is 1.56 bits per heavy atom. The molecule has 3 heteroatoms. The molecule has 0 aliphatic heterocycles. The standard InChI is InChI=1S/C6H14Cl2Si/c1-6(2,3)5-9(4,7)8/h5H2,1-4H3. The van der Waals surface area contributed by atoms with Crippen LogP contribution in [0.3, 0.4) is 0 Å². The van der Waals surface area contributed by atoms with Gasteiger partial charge in [0.25, 0.3) is 0 Å². The number of hydrogen-bond acceptors (Lipinski definition) is 0. The molecule has 0 aromatic rings. The summed E-state index contributed by atoms with van der Waals surface area (Å²) in [6.45, 7) is 6.58. The molecule has 0 aromatic heterocycles. The minimum absolute atomic E-state index is 0.282. The summed E-state index contributed by atoms with van der Waals surface area (Å²) in [5.41, 5.74) is 0.282. The van der Waals surface area contributed by atoms with Crippen molar-refractivity contribution in [2.45, 2.75) is 33.4 Å². The van der Waals surface area contributed by atoms with Crippen LogP contribution < -0.4 is 0 Å². The molecule has 0 amide bonds. The van der Waals surface area contributed by atoms with Crippen molar-refractivity contribution >= 4 is 28.9 Å². The second kappa shape index (κ2) is 2.81. The number of rotatable bonds is 1. The van der Waals surface area contributed by atoms with Gasteiger partial charge in [0.1, 0.15) is 0 Å². The van der Waals surface area contributed by atoms with E-state index in [2.05, 4.69) is 20.8 Å². The summed E-state index contributed by atoms with van der Waals surface area (Å²) in [5, 5.41) is 0. The van der Waals surface area contributed by atoms with E-state index in [4.69, 9.17) is 22.2 Å². The normalized spacial score (nSPS) is 14.0. The fraction of sp³-hybridized carbons (Fsp3) is 1.00. The van der Waals surface area contributed by atoms with Gasteiger partial charge in [-0.05, 0) is 18.0 Å². The molecule has 0 spiro atoms. The maximum absolute atomic E-state index is 5.92. The van der Waals surface area contributed by atoms with Gasteiger partial charge in [0, 0.05) is 0 Å². The van der Waals surface area contributed by atoms with Crippen LogP contribution in [0, 0.1) is 5.41 Å². The molecular formula is C6H14Cl2Si. The Balaban J connectivity index is 3.75. The third kappa shape index (κ3) is 8.80. The molecule has 0 aliphatic carbocycles. The average Bonchev–Trinajstić information content (AvgIpc) is 1.14. The van der Waals surface area contributed by atoms with Crippen molar-refractivity contribution in [3.8, 4) is 0 Å². The molecule has 0 heterocycles. The summed E-state index contributed by atoms with van der Waals surface area (Å²) in [6, 6.07) is 0.961. The highest BCUT2D eigenvalue weighted by Crippen LogP contribution is 2.32. The second-order valence-corrected chi connectivity index (χ2v) is 11.9. The van der Waals surface area contributed by atoms with Crippen molar-refractivity contribution in [2.75, 3.05) is 0 Å². The van der Waals surface area contributed by atoms with Crippen molar-refractivity contribution in [2.24, 2.45) is 5.41 Å². The van der Waals surface area contributed by atoms with E-state index in [0.717, 1.165) is 6.04 Å². The molecule has 0 fully saturated rings. The third-order valence-electron chi connectivity index (χ3n) is 0.841. The minimum Gasteiger partial charge on any atom is -0.146 e. The van der Waals surface area contributed by atoms with Gasteiger partial charge >= 0.3 is 0 Å². The molecule has 9 heavy (non-hydrogen) atoms. The first-order valence-corrected chi connectivity index (χ1v) is 7.82. The average molecular weight is 185 g/mol. The fourth-order valence-corrected chi connectivity index (χ4v) is 5.20. The van der Waals surface area contributed by atoms with Crippen LogP contribution >= 0.6 is 22.2 Å². The van der Waals surface area contributed by atoms with E-state index in [1.165, 1.54) is 0 Å². The first kappa shape index (κ1) is 9.80. The van der Waals surface area contributed by atoms with Crippen molar-refractivity contribution in [3.63, 3.8) is 0 Å². The largest absolute Gasteiger partial charge is 0.248 e. The van der Waals surface area contributed by atoms with Crippen LogP contribution in [0.2, 0.25) is 12.6 Å². The first-order valence-electron chi connectivity index (χ1n) is 3.09. The third-order valence-corrected chi connectivity index (χ3v) is 3.32. The van der Waals surface area contributed by atoms with E-state index in [9.17, 15) is 0 Å². The van der Waals surface area contributed by atoms with Gasteiger partial charge in [0.2, 0.25) is 6.69 Å². The molecule has 0 rings (SSSR count). The Bertz CT molecular complexity index is 76.2. The van der Waals surface area contributed by atoms with Gasteiger partial charge in [0.05, 0.1) is 0 Å². The summed E-state index contributed by atoms with van der Waals surface area (Å²) in [5.74, 6) is 0. The zero-order valence-corrected chi connectivity index (χ0v) is 8.97. The van der Waals surface area contributed by atoms with Gasteiger partial charge in [-0.25, -0.2) is 0 Å². The van der Waals surface area contributed by atoms with Crippen LogP contribution in [0.5, 0.6) is 0 Å². The fourth-order valence-electron chi connectivity index (χ4n) is 0.931. The zero-order valence-electron chi connectivity index (χ0n) is 6.46. The Hall–Kier alpha value is 0.797. The predicted octanol–water partition coefficient (Wildman–Crippen LogP) is 3.58. The highest BCUT2D eigenvalue weighted by atomic mass is 35.7. The van der Waals surface area contributed by atoms with Crippen molar-refractivity contribution < 1.29 is 0 Å². The van der Waals surface area contributed by atoms with Gasteiger partial charge in [-0.3, -0.25) is 0 Å². The molecule has 0 atom stereocenters. The molecule has 0 unspecified atom stereocenters.